The number of aromatic hydroxyl groups is 1. The Morgan fingerprint density at radius 3 is 1.91 bits per heavy atom. The molecule has 3 aromatic carbocycles. The topological polar surface area (TPSA) is 234 Å². The fourth-order valence-corrected chi connectivity index (χ4v) is 4.60. The second-order valence-corrected chi connectivity index (χ2v) is 10.5. The second kappa shape index (κ2) is 7.76. The van der Waals surface area contributed by atoms with Crippen LogP contribution in [0, 0.1) is 0 Å². The molecule has 0 aromatic heterocycles. The third-order valence-electron chi connectivity index (χ3n) is 4.14. The highest BCUT2D eigenvalue weighted by molar-refractivity contribution is 7.86. The first-order valence-electron chi connectivity index (χ1n) is 8.13. The van der Waals surface area contributed by atoms with E-state index in [2.05, 4.69) is 10.2 Å². The Hall–Kier alpha value is -3.15. The van der Waals surface area contributed by atoms with Crippen LogP contribution < -0.4 is 5.73 Å². The minimum atomic E-state index is -4.98. The number of nitrogens with two attached hydrogens (primary N) is 1. The Kier molecular flexibility index (Phi) is 5.71. The lowest BCUT2D eigenvalue weighted by atomic mass is 10.1. The zero-order chi connectivity index (χ0) is 24.1. The van der Waals surface area contributed by atoms with Crippen molar-refractivity contribution in [3.8, 4) is 5.75 Å². The van der Waals surface area contributed by atoms with Gasteiger partial charge in [-0.15, -0.1) is 10.2 Å². The first kappa shape index (κ1) is 23.5. The van der Waals surface area contributed by atoms with Crippen LogP contribution in [-0.2, 0) is 30.4 Å². The van der Waals surface area contributed by atoms with Crippen LogP contribution >= 0.6 is 0 Å². The summed E-state index contributed by atoms with van der Waals surface area (Å²) in [6, 6.07) is 6.95. The molecule has 0 bridgehead atoms. The van der Waals surface area contributed by atoms with Crippen LogP contribution in [0.2, 0.25) is 0 Å². The van der Waals surface area contributed by atoms with Gasteiger partial charge in [-0.2, -0.15) is 25.3 Å². The lowest BCUT2D eigenvalue weighted by Gasteiger charge is -2.12. The summed E-state index contributed by atoms with van der Waals surface area (Å²) in [6.07, 6.45) is 0. The van der Waals surface area contributed by atoms with Crippen LogP contribution in [0.3, 0.4) is 0 Å². The quantitative estimate of drug-likeness (QED) is 0.192. The summed E-state index contributed by atoms with van der Waals surface area (Å²) in [7, 11) is -14.5. The summed E-state index contributed by atoms with van der Waals surface area (Å²) in [6.45, 7) is 0. The molecule has 13 nitrogen and oxygen atoms in total. The van der Waals surface area contributed by atoms with Gasteiger partial charge in [0.15, 0.2) is 0 Å². The molecule has 0 fully saturated rings. The normalized spacial score (nSPS) is 13.1. The van der Waals surface area contributed by atoms with Crippen LogP contribution in [0.15, 0.2) is 67.4 Å². The number of nitrogens with zero attached hydrogens (tertiary/aromatic N) is 2. The van der Waals surface area contributed by atoms with E-state index in [1.807, 2.05) is 0 Å². The minimum Gasteiger partial charge on any atom is -0.507 e. The lowest BCUT2D eigenvalue weighted by molar-refractivity contribution is 0.471. The number of phenolic OH excluding ortho intramolecular Hbond substituents is 1. The van der Waals surface area contributed by atoms with Crippen molar-refractivity contribution in [1.29, 1.82) is 0 Å². The summed E-state index contributed by atoms with van der Waals surface area (Å²) >= 11 is 0. The van der Waals surface area contributed by atoms with E-state index in [9.17, 15) is 44.0 Å². The molecule has 6 N–H and O–H groups in total. The molecule has 3 rings (SSSR count). The molecule has 0 aliphatic carbocycles. The van der Waals surface area contributed by atoms with Gasteiger partial charge in [-0.05, 0) is 29.7 Å². The van der Waals surface area contributed by atoms with Crippen molar-refractivity contribution < 1.29 is 44.0 Å². The fourth-order valence-electron chi connectivity index (χ4n) is 2.79. The molecule has 0 atom stereocenters. The number of anilines is 1. The molecule has 170 valence electrons. The summed E-state index contributed by atoms with van der Waals surface area (Å²) < 4.78 is 97.4. The van der Waals surface area contributed by atoms with Gasteiger partial charge in [0, 0.05) is 6.07 Å². The minimum absolute atomic E-state index is 0.323. The van der Waals surface area contributed by atoms with Gasteiger partial charge < -0.3 is 10.8 Å². The van der Waals surface area contributed by atoms with Gasteiger partial charge in [0.2, 0.25) is 0 Å². The van der Waals surface area contributed by atoms with Gasteiger partial charge in [-0.3, -0.25) is 13.7 Å². The third kappa shape index (κ3) is 4.54. The van der Waals surface area contributed by atoms with Crippen molar-refractivity contribution in [2.75, 3.05) is 5.73 Å². The van der Waals surface area contributed by atoms with Gasteiger partial charge in [0.25, 0.3) is 30.4 Å². The zero-order valence-electron chi connectivity index (χ0n) is 15.5. The molecule has 16 heteroatoms. The fraction of sp³-hybridized carbons (Fsp3) is 0. The van der Waals surface area contributed by atoms with Crippen molar-refractivity contribution >= 4 is 58.2 Å². The lowest BCUT2D eigenvalue weighted by Crippen LogP contribution is -2.04. The van der Waals surface area contributed by atoms with Crippen LogP contribution in [0.5, 0.6) is 5.75 Å². The molecule has 0 radical (unpaired) electrons. The predicted molar refractivity (Wildman–Crippen MR) is 110 cm³/mol. The maximum absolute atomic E-state index is 11.7. The van der Waals surface area contributed by atoms with Gasteiger partial charge in [-0.1, -0.05) is 12.1 Å². The van der Waals surface area contributed by atoms with Crippen molar-refractivity contribution in [3.63, 3.8) is 0 Å². The number of fused-ring (bicyclic) bond motifs is 1. The average Bonchev–Trinajstić information content (AvgIpc) is 2.64. The van der Waals surface area contributed by atoms with Gasteiger partial charge in [0.1, 0.15) is 26.9 Å². The highest BCUT2D eigenvalue weighted by Gasteiger charge is 2.24. The van der Waals surface area contributed by atoms with Crippen molar-refractivity contribution in [1.82, 2.24) is 0 Å². The summed E-state index contributed by atoms with van der Waals surface area (Å²) in [5, 5.41) is 17.0. The summed E-state index contributed by atoms with van der Waals surface area (Å²) in [5.74, 6) is -0.805. The van der Waals surface area contributed by atoms with E-state index in [-0.39, 0.29) is 16.5 Å². The van der Waals surface area contributed by atoms with E-state index in [0.717, 1.165) is 24.3 Å². The smallest absolute Gasteiger partial charge is 0.296 e. The molecular formula is C16H13N3O10S3. The largest absolute Gasteiger partial charge is 0.507 e. The maximum Gasteiger partial charge on any atom is 0.296 e. The molecular weight excluding hydrogens is 490 g/mol. The van der Waals surface area contributed by atoms with E-state index in [1.54, 1.807) is 0 Å². The number of nitrogen functional groups attached to an aromatic ring is 1. The predicted octanol–water partition coefficient (Wildman–Crippen LogP) is 2.28. The first-order chi connectivity index (χ1) is 14.6. The molecule has 0 aliphatic rings. The Bertz CT molecular complexity index is 1610. The monoisotopic (exact) mass is 503 g/mol. The first-order valence-corrected chi connectivity index (χ1v) is 12.4. The second-order valence-electron chi connectivity index (χ2n) is 6.27. The van der Waals surface area contributed by atoms with Crippen molar-refractivity contribution in [2.24, 2.45) is 10.2 Å². The number of benzene rings is 3. The molecule has 32 heavy (non-hydrogen) atoms. The molecule has 0 saturated carbocycles. The molecule has 3 aromatic rings. The Morgan fingerprint density at radius 2 is 1.34 bits per heavy atom. The van der Waals surface area contributed by atoms with Gasteiger partial charge in [0.05, 0.1) is 16.0 Å². The van der Waals surface area contributed by atoms with Gasteiger partial charge >= 0.3 is 0 Å². The van der Waals surface area contributed by atoms with Crippen LogP contribution in [0.4, 0.5) is 17.1 Å². The highest BCUT2D eigenvalue weighted by Crippen LogP contribution is 2.43. The Morgan fingerprint density at radius 1 is 0.750 bits per heavy atom. The molecule has 0 unspecified atom stereocenters. The van der Waals surface area contributed by atoms with Crippen molar-refractivity contribution in [3.05, 3.63) is 42.5 Å². The van der Waals surface area contributed by atoms with Crippen LogP contribution in [0.25, 0.3) is 10.8 Å². The molecule has 0 heterocycles. The standard InChI is InChI=1S/C16H13N3O10S3/c17-15-13(32(27,28)29)6-8-5-9(30(21,22)23)7-11(20)14(8)16(15)19-18-10-3-1-2-4-12(10)31(24,25)26/h1-7,20H,17H2,(H,21,22,23)(H,24,25,26)(H,27,28,29)/b19-18+. The SMILES string of the molecule is Nc1c(S(=O)(=O)O)cc2cc(S(=O)(=O)O)cc(O)c2c1/N=N/c1ccccc1S(=O)(=O)O. The summed E-state index contributed by atoms with van der Waals surface area (Å²) in [4.78, 5) is -2.36. The molecule has 0 amide bonds. The number of hydrogen-bond acceptors (Lipinski definition) is 10. The highest BCUT2D eigenvalue weighted by atomic mass is 32.2. The van der Waals surface area contributed by atoms with Crippen LogP contribution in [0.1, 0.15) is 0 Å². The van der Waals surface area contributed by atoms with E-state index >= 15 is 0 Å². The number of azo groups is 1. The van der Waals surface area contributed by atoms with E-state index in [1.165, 1.54) is 12.1 Å². The summed E-state index contributed by atoms with van der Waals surface area (Å²) in [5.41, 5.74) is 4.12. The molecule has 0 saturated heterocycles. The average molecular weight is 503 g/mol. The zero-order valence-corrected chi connectivity index (χ0v) is 17.9. The molecule has 0 aliphatic heterocycles. The van der Waals surface area contributed by atoms with Crippen LogP contribution in [-0.4, -0.2) is 44.0 Å². The number of rotatable bonds is 5. The molecule has 0 spiro atoms. The Labute approximate surface area is 181 Å². The Balaban J connectivity index is 2.41. The van der Waals surface area contributed by atoms with E-state index in [0.29, 0.717) is 6.07 Å². The number of hydrogen-bond donors (Lipinski definition) is 5. The maximum atomic E-state index is 11.7. The van der Waals surface area contributed by atoms with Crippen molar-refractivity contribution in [2.45, 2.75) is 14.7 Å². The number of phenols is 1. The van der Waals surface area contributed by atoms with E-state index in [4.69, 9.17) is 5.73 Å². The third-order valence-corrected chi connectivity index (χ3v) is 6.77. The van der Waals surface area contributed by atoms with Gasteiger partial charge in [-0.25, -0.2) is 0 Å². The van der Waals surface area contributed by atoms with E-state index < -0.39 is 62.2 Å².